The Labute approximate surface area is 180 Å². The zero-order chi connectivity index (χ0) is 22.3. The van der Waals surface area contributed by atoms with Crippen LogP contribution in [-0.2, 0) is 10.0 Å². The van der Waals surface area contributed by atoms with Gasteiger partial charge >= 0.3 is 0 Å². The quantitative estimate of drug-likeness (QED) is 0.197. The van der Waals surface area contributed by atoms with Gasteiger partial charge in [-0.05, 0) is 12.1 Å². The monoisotopic (exact) mass is 448 g/mol. The van der Waals surface area contributed by atoms with Crippen molar-refractivity contribution in [1.82, 2.24) is 24.9 Å². The first-order valence-corrected chi connectivity index (χ1v) is 11.1. The number of nitrogens with one attached hydrogen (secondary N) is 2. The van der Waals surface area contributed by atoms with Crippen molar-refractivity contribution in [2.24, 2.45) is 4.99 Å². The van der Waals surface area contributed by atoms with Crippen LogP contribution in [0, 0.1) is 10.1 Å². The maximum Gasteiger partial charge on any atom is 0.270 e. The van der Waals surface area contributed by atoms with E-state index in [1.54, 1.807) is 25.5 Å². The zero-order valence-corrected chi connectivity index (χ0v) is 17.8. The highest BCUT2D eigenvalue weighted by atomic mass is 32.2. The van der Waals surface area contributed by atoms with Crippen LogP contribution in [0.3, 0.4) is 0 Å². The Hall–Kier alpha value is -3.32. The van der Waals surface area contributed by atoms with E-state index in [4.69, 9.17) is 0 Å². The molecular formula is C18H24N8O4S. The van der Waals surface area contributed by atoms with E-state index in [0.29, 0.717) is 18.5 Å². The van der Waals surface area contributed by atoms with Crippen molar-refractivity contribution in [3.63, 3.8) is 0 Å². The number of aromatic nitrogens is 2. The topological polar surface area (TPSA) is 146 Å². The molecule has 13 heteroatoms. The molecule has 1 aliphatic rings. The fraction of sp³-hybridized carbons (Fsp3) is 0.389. The molecule has 2 heterocycles. The van der Waals surface area contributed by atoms with Crippen molar-refractivity contribution >= 4 is 27.6 Å². The Morgan fingerprint density at radius 2 is 1.87 bits per heavy atom. The van der Waals surface area contributed by atoms with Gasteiger partial charge in [0.1, 0.15) is 0 Å². The van der Waals surface area contributed by atoms with E-state index in [-0.39, 0.29) is 17.1 Å². The van der Waals surface area contributed by atoms with Gasteiger partial charge in [-0.15, -0.1) is 0 Å². The van der Waals surface area contributed by atoms with Gasteiger partial charge in [-0.1, -0.05) is 6.07 Å². The van der Waals surface area contributed by atoms with Crippen LogP contribution in [0.2, 0.25) is 0 Å². The maximum absolute atomic E-state index is 12.4. The van der Waals surface area contributed by atoms with Gasteiger partial charge in [-0.3, -0.25) is 15.1 Å². The third-order valence-corrected chi connectivity index (χ3v) is 6.12. The molecule has 0 bridgehead atoms. The number of benzene rings is 1. The molecule has 0 saturated carbocycles. The van der Waals surface area contributed by atoms with Crippen LogP contribution >= 0.6 is 0 Å². The SMILES string of the molecule is CN=C(NCCNS(=O)(=O)c1cccc([N+](=O)[O-])c1)N1CCN(c2ncccn2)CC1. The Bertz CT molecular complexity index is 1020. The normalized spacial score (nSPS) is 15.1. The Kier molecular flexibility index (Phi) is 7.31. The van der Waals surface area contributed by atoms with Crippen LogP contribution in [0.25, 0.3) is 0 Å². The number of non-ortho nitro benzene ring substituents is 1. The van der Waals surface area contributed by atoms with Gasteiger partial charge in [0.05, 0.1) is 9.82 Å². The van der Waals surface area contributed by atoms with E-state index in [1.807, 2.05) is 0 Å². The highest BCUT2D eigenvalue weighted by molar-refractivity contribution is 7.89. The van der Waals surface area contributed by atoms with Crippen molar-refractivity contribution in [2.75, 3.05) is 51.2 Å². The summed E-state index contributed by atoms with van der Waals surface area (Å²) < 4.78 is 27.2. The minimum absolute atomic E-state index is 0.0991. The molecule has 1 saturated heterocycles. The lowest BCUT2D eigenvalue weighted by Gasteiger charge is -2.36. The number of hydrogen-bond acceptors (Lipinski definition) is 8. The minimum atomic E-state index is -3.85. The molecule has 31 heavy (non-hydrogen) atoms. The molecule has 0 radical (unpaired) electrons. The van der Waals surface area contributed by atoms with Crippen molar-refractivity contribution in [1.29, 1.82) is 0 Å². The molecule has 0 aliphatic carbocycles. The van der Waals surface area contributed by atoms with Crippen molar-refractivity contribution in [3.8, 4) is 0 Å². The largest absolute Gasteiger partial charge is 0.355 e. The second-order valence-corrected chi connectivity index (χ2v) is 8.42. The summed E-state index contributed by atoms with van der Waals surface area (Å²) in [6, 6.07) is 6.71. The second kappa shape index (κ2) is 10.1. The summed E-state index contributed by atoms with van der Waals surface area (Å²) in [5.74, 6) is 1.36. The first-order chi connectivity index (χ1) is 14.9. The summed E-state index contributed by atoms with van der Waals surface area (Å²) in [5.41, 5.74) is -0.276. The summed E-state index contributed by atoms with van der Waals surface area (Å²) in [6.45, 7) is 3.33. The van der Waals surface area contributed by atoms with E-state index < -0.39 is 14.9 Å². The molecular weight excluding hydrogens is 424 g/mol. The number of aliphatic imine (C=N–C) groups is 1. The third-order valence-electron chi connectivity index (χ3n) is 4.66. The molecule has 1 fully saturated rings. The van der Waals surface area contributed by atoms with E-state index in [2.05, 4.69) is 34.8 Å². The zero-order valence-electron chi connectivity index (χ0n) is 17.0. The Morgan fingerprint density at radius 1 is 1.16 bits per heavy atom. The van der Waals surface area contributed by atoms with E-state index in [9.17, 15) is 18.5 Å². The maximum atomic E-state index is 12.4. The van der Waals surface area contributed by atoms with Crippen molar-refractivity contribution in [3.05, 3.63) is 52.8 Å². The average molecular weight is 449 g/mol. The molecule has 1 aliphatic heterocycles. The van der Waals surface area contributed by atoms with Gasteiger partial charge in [-0.2, -0.15) is 0 Å². The number of nitro benzene ring substituents is 1. The number of piperazine rings is 1. The lowest BCUT2D eigenvalue weighted by atomic mass is 10.3. The van der Waals surface area contributed by atoms with Gasteiger partial charge in [-0.25, -0.2) is 23.1 Å². The number of sulfonamides is 1. The van der Waals surface area contributed by atoms with E-state index in [1.165, 1.54) is 18.2 Å². The molecule has 2 aromatic rings. The fourth-order valence-electron chi connectivity index (χ4n) is 3.11. The van der Waals surface area contributed by atoms with Crippen LogP contribution in [0.15, 0.2) is 52.6 Å². The predicted octanol–water partition coefficient (Wildman–Crippen LogP) is 0.0607. The first kappa shape index (κ1) is 22.4. The summed E-state index contributed by atoms with van der Waals surface area (Å²) in [4.78, 5) is 27.0. The summed E-state index contributed by atoms with van der Waals surface area (Å²) in [7, 11) is -2.18. The molecule has 1 aromatic carbocycles. The molecule has 3 rings (SSSR count). The predicted molar refractivity (Wildman–Crippen MR) is 115 cm³/mol. The van der Waals surface area contributed by atoms with E-state index in [0.717, 1.165) is 32.2 Å². The van der Waals surface area contributed by atoms with E-state index >= 15 is 0 Å². The van der Waals surface area contributed by atoms with Gasteiger partial charge in [0.15, 0.2) is 5.96 Å². The molecule has 1 aromatic heterocycles. The smallest absolute Gasteiger partial charge is 0.270 e. The van der Waals surface area contributed by atoms with Crippen LogP contribution < -0.4 is 14.9 Å². The molecule has 2 N–H and O–H groups in total. The average Bonchev–Trinajstić information content (AvgIpc) is 2.80. The number of anilines is 1. The molecule has 0 amide bonds. The first-order valence-electron chi connectivity index (χ1n) is 9.62. The second-order valence-electron chi connectivity index (χ2n) is 6.65. The van der Waals surface area contributed by atoms with Crippen LogP contribution in [0.4, 0.5) is 11.6 Å². The third kappa shape index (κ3) is 5.86. The van der Waals surface area contributed by atoms with Crippen molar-refractivity contribution in [2.45, 2.75) is 4.90 Å². The number of hydrogen-bond donors (Lipinski definition) is 2. The highest BCUT2D eigenvalue weighted by Gasteiger charge is 2.21. The van der Waals surface area contributed by atoms with Crippen LogP contribution in [-0.4, -0.2) is 80.5 Å². The highest BCUT2D eigenvalue weighted by Crippen LogP contribution is 2.17. The Balaban J connectivity index is 1.47. The molecule has 0 unspecified atom stereocenters. The molecule has 0 atom stereocenters. The molecule has 166 valence electrons. The van der Waals surface area contributed by atoms with Gasteiger partial charge in [0.25, 0.3) is 5.69 Å². The van der Waals surface area contributed by atoms with Crippen LogP contribution in [0.1, 0.15) is 0 Å². The lowest BCUT2D eigenvalue weighted by molar-refractivity contribution is -0.385. The summed E-state index contributed by atoms with van der Waals surface area (Å²) in [5, 5.41) is 14.0. The summed E-state index contributed by atoms with van der Waals surface area (Å²) in [6.07, 6.45) is 3.42. The Morgan fingerprint density at radius 3 is 2.52 bits per heavy atom. The number of nitro groups is 1. The lowest BCUT2D eigenvalue weighted by Crippen LogP contribution is -2.53. The van der Waals surface area contributed by atoms with Crippen LogP contribution in [0.5, 0.6) is 0 Å². The number of rotatable bonds is 7. The number of guanidine groups is 1. The standard InChI is InChI=1S/C18H24N8O4S/c1-19-17(24-10-12-25(13-11-24)18-20-6-3-7-21-18)22-8-9-23-31(29,30)16-5-2-4-15(14-16)26(27)28/h2-7,14,23H,8-13H2,1H3,(H,19,22). The van der Waals surface area contributed by atoms with Gasteiger partial charge < -0.3 is 15.1 Å². The van der Waals surface area contributed by atoms with Gasteiger partial charge in [0, 0.05) is 70.8 Å². The summed E-state index contributed by atoms with van der Waals surface area (Å²) >= 11 is 0. The van der Waals surface area contributed by atoms with Crippen molar-refractivity contribution < 1.29 is 13.3 Å². The fourth-order valence-corrected chi connectivity index (χ4v) is 4.18. The van der Waals surface area contributed by atoms with Gasteiger partial charge in [0.2, 0.25) is 16.0 Å². The number of nitrogens with zero attached hydrogens (tertiary/aromatic N) is 6. The minimum Gasteiger partial charge on any atom is -0.355 e. The molecule has 0 spiro atoms. The molecule has 12 nitrogen and oxygen atoms in total.